The Bertz CT molecular complexity index is 564. The maximum Gasteiger partial charge on any atom is 0.387 e. The first-order valence-electron chi connectivity index (χ1n) is 8.37. The van der Waals surface area contributed by atoms with Gasteiger partial charge in [0.25, 0.3) is 0 Å². The molecule has 1 heterocycles. The van der Waals surface area contributed by atoms with Gasteiger partial charge in [0.15, 0.2) is 5.96 Å². The molecule has 1 saturated heterocycles. The van der Waals surface area contributed by atoms with E-state index in [9.17, 15) is 13.9 Å². The summed E-state index contributed by atoms with van der Waals surface area (Å²) in [4.78, 5) is 4.39. The van der Waals surface area contributed by atoms with Crippen LogP contribution in [-0.4, -0.2) is 49.6 Å². The number of halogens is 2. The number of aliphatic imine (C=N–C) groups is 1. The summed E-state index contributed by atoms with van der Waals surface area (Å²) in [6.45, 7) is 1.28. The molecule has 1 aliphatic heterocycles. The second-order valence-corrected chi connectivity index (χ2v) is 5.87. The number of nitrogens with one attached hydrogen (secondary N) is 2. The number of benzene rings is 1. The number of aliphatic hydroxyl groups is 1. The van der Waals surface area contributed by atoms with E-state index in [0.29, 0.717) is 50.7 Å². The third-order valence-corrected chi connectivity index (χ3v) is 3.95. The van der Waals surface area contributed by atoms with Gasteiger partial charge in [0.1, 0.15) is 5.75 Å². The van der Waals surface area contributed by atoms with Crippen LogP contribution in [0.15, 0.2) is 29.3 Å². The van der Waals surface area contributed by atoms with E-state index >= 15 is 0 Å². The summed E-state index contributed by atoms with van der Waals surface area (Å²) in [5.41, 5.74) is -0.268. The molecule has 0 unspecified atom stereocenters. The molecular weight excluding hydrogens is 332 g/mol. The largest absolute Gasteiger partial charge is 0.434 e. The van der Waals surface area contributed by atoms with Gasteiger partial charge in [0.05, 0.1) is 12.1 Å². The lowest BCUT2D eigenvalue weighted by Crippen LogP contribution is -2.49. The van der Waals surface area contributed by atoms with E-state index in [-0.39, 0.29) is 12.3 Å². The molecule has 3 N–H and O–H groups in total. The van der Waals surface area contributed by atoms with Crippen LogP contribution in [0.2, 0.25) is 0 Å². The quantitative estimate of drug-likeness (QED) is 0.513. The highest BCUT2D eigenvalue weighted by atomic mass is 19.3. The topological polar surface area (TPSA) is 75.1 Å². The van der Waals surface area contributed by atoms with Crippen molar-refractivity contribution in [1.82, 2.24) is 10.6 Å². The van der Waals surface area contributed by atoms with Crippen molar-refractivity contribution in [1.29, 1.82) is 0 Å². The fourth-order valence-corrected chi connectivity index (χ4v) is 2.53. The fraction of sp³-hybridized carbons (Fsp3) is 0.588. The standard InChI is InChI=1S/C17H25F2N3O3/c1-2-20-16(22-12-17(23)7-9-24-10-8-17)21-11-13-5-3-4-6-14(13)25-15(18)19/h3-6,15,23H,2,7-12H2,1H3,(H2,20,21,22). The normalized spacial score (nSPS) is 17.4. The van der Waals surface area contributed by atoms with Crippen molar-refractivity contribution < 1.29 is 23.4 Å². The van der Waals surface area contributed by atoms with Crippen LogP contribution in [0.3, 0.4) is 0 Å². The average Bonchev–Trinajstić information content (AvgIpc) is 2.59. The van der Waals surface area contributed by atoms with E-state index < -0.39 is 12.2 Å². The zero-order valence-electron chi connectivity index (χ0n) is 14.3. The van der Waals surface area contributed by atoms with E-state index in [1.165, 1.54) is 6.07 Å². The van der Waals surface area contributed by atoms with Crippen molar-refractivity contribution in [2.24, 2.45) is 4.99 Å². The number of para-hydroxylation sites is 1. The molecule has 1 aliphatic rings. The van der Waals surface area contributed by atoms with Crippen LogP contribution in [0.1, 0.15) is 25.3 Å². The molecule has 25 heavy (non-hydrogen) atoms. The zero-order valence-corrected chi connectivity index (χ0v) is 14.3. The lowest BCUT2D eigenvalue weighted by Gasteiger charge is -2.32. The molecule has 0 aromatic heterocycles. The molecule has 0 amide bonds. The van der Waals surface area contributed by atoms with Gasteiger partial charge in [-0.25, -0.2) is 4.99 Å². The Labute approximate surface area is 146 Å². The first kappa shape index (κ1) is 19.4. The van der Waals surface area contributed by atoms with Crippen molar-refractivity contribution in [3.05, 3.63) is 29.8 Å². The smallest absolute Gasteiger partial charge is 0.387 e. The molecule has 1 fully saturated rings. The summed E-state index contributed by atoms with van der Waals surface area (Å²) < 4.78 is 34.7. The number of nitrogens with zero attached hydrogens (tertiary/aromatic N) is 1. The highest BCUT2D eigenvalue weighted by Crippen LogP contribution is 2.21. The van der Waals surface area contributed by atoms with Gasteiger partial charge in [-0.2, -0.15) is 8.78 Å². The van der Waals surface area contributed by atoms with Gasteiger partial charge < -0.3 is 25.2 Å². The SMILES string of the molecule is CCNC(=NCc1ccccc1OC(F)F)NCC1(O)CCOCC1. The number of alkyl halides is 2. The molecule has 6 nitrogen and oxygen atoms in total. The van der Waals surface area contributed by atoms with Gasteiger partial charge in [-0.15, -0.1) is 0 Å². The molecule has 0 radical (unpaired) electrons. The number of hydrogen-bond acceptors (Lipinski definition) is 4. The number of guanidine groups is 1. The summed E-state index contributed by atoms with van der Waals surface area (Å²) in [5, 5.41) is 16.7. The van der Waals surface area contributed by atoms with Gasteiger partial charge in [0, 0.05) is 44.7 Å². The molecule has 0 spiro atoms. The van der Waals surface area contributed by atoms with Crippen LogP contribution in [0.5, 0.6) is 5.75 Å². The maximum absolute atomic E-state index is 12.5. The minimum absolute atomic E-state index is 0.111. The molecule has 0 bridgehead atoms. The van der Waals surface area contributed by atoms with E-state index in [4.69, 9.17) is 4.74 Å². The lowest BCUT2D eigenvalue weighted by atomic mass is 9.94. The summed E-state index contributed by atoms with van der Waals surface area (Å²) in [7, 11) is 0. The van der Waals surface area contributed by atoms with Gasteiger partial charge in [-0.3, -0.25) is 0 Å². The zero-order chi connectivity index (χ0) is 18.1. The average molecular weight is 357 g/mol. The van der Waals surface area contributed by atoms with E-state index in [1.807, 2.05) is 6.92 Å². The van der Waals surface area contributed by atoms with E-state index in [1.54, 1.807) is 18.2 Å². The van der Waals surface area contributed by atoms with Crippen LogP contribution in [0.4, 0.5) is 8.78 Å². The molecule has 1 aromatic rings. The monoisotopic (exact) mass is 357 g/mol. The van der Waals surface area contributed by atoms with E-state index in [0.717, 1.165) is 0 Å². The second kappa shape index (κ2) is 9.53. The molecule has 0 saturated carbocycles. The summed E-state index contributed by atoms with van der Waals surface area (Å²) >= 11 is 0. The predicted octanol–water partition coefficient (Wildman–Crippen LogP) is 1.88. The minimum atomic E-state index is -2.88. The molecule has 140 valence electrons. The van der Waals surface area contributed by atoms with Crippen molar-refractivity contribution in [3.8, 4) is 5.75 Å². The Morgan fingerprint density at radius 2 is 2.04 bits per heavy atom. The van der Waals surface area contributed by atoms with Crippen molar-refractivity contribution in [2.75, 3.05) is 26.3 Å². The molecular formula is C17H25F2N3O3. The first-order valence-corrected chi connectivity index (χ1v) is 8.37. The molecule has 8 heteroatoms. The fourth-order valence-electron chi connectivity index (χ4n) is 2.53. The maximum atomic E-state index is 12.5. The lowest BCUT2D eigenvalue weighted by molar-refractivity contribution is -0.0594. The van der Waals surface area contributed by atoms with Crippen LogP contribution < -0.4 is 15.4 Å². The summed E-state index contributed by atoms with van der Waals surface area (Å²) in [6.07, 6.45) is 1.12. The van der Waals surface area contributed by atoms with Crippen LogP contribution in [0, 0.1) is 0 Å². The van der Waals surface area contributed by atoms with Crippen LogP contribution >= 0.6 is 0 Å². The minimum Gasteiger partial charge on any atom is -0.434 e. The Kier molecular flexibility index (Phi) is 7.39. The second-order valence-electron chi connectivity index (χ2n) is 5.87. The Balaban J connectivity index is 1.99. The molecule has 0 aliphatic carbocycles. The molecule has 1 aromatic carbocycles. The molecule has 2 rings (SSSR count). The summed E-state index contributed by atoms with van der Waals surface area (Å²) in [5.74, 6) is 0.620. The first-order chi connectivity index (χ1) is 12.0. The van der Waals surface area contributed by atoms with Crippen molar-refractivity contribution >= 4 is 5.96 Å². The third kappa shape index (κ3) is 6.47. The Hall–Kier alpha value is -1.93. The third-order valence-electron chi connectivity index (χ3n) is 3.95. The highest BCUT2D eigenvalue weighted by Gasteiger charge is 2.29. The van der Waals surface area contributed by atoms with Crippen LogP contribution in [-0.2, 0) is 11.3 Å². The van der Waals surface area contributed by atoms with E-state index in [2.05, 4.69) is 20.4 Å². The highest BCUT2D eigenvalue weighted by molar-refractivity contribution is 5.79. The van der Waals surface area contributed by atoms with Gasteiger partial charge in [-0.05, 0) is 13.0 Å². The predicted molar refractivity (Wildman–Crippen MR) is 90.9 cm³/mol. The van der Waals surface area contributed by atoms with Crippen molar-refractivity contribution in [2.45, 2.75) is 38.5 Å². The molecule has 0 atom stereocenters. The number of ether oxygens (including phenoxy) is 2. The van der Waals surface area contributed by atoms with Gasteiger partial charge >= 0.3 is 6.61 Å². The van der Waals surface area contributed by atoms with Crippen molar-refractivity contribution in [3.63, 3.8) is 0 Å². The Morgan fingerprint density at radius 1 is 1.32 bits per heavy atom. The van der Waals surface area contributed by atoms with Crippen LogP contribution in [0.25, 0.3) is 0 Å². The summed E-state index contributed by atoms with van der Waals surface area (Å²) in [6, 6.07) is 6.56. The van der Waals surface area contributed by atoms with Gasteiger partial charge in [-0.1, -0.05) is 18.2 Å². The Morgan fingerprint density at radius 3 is 2.72 bits per heavy atom. The number of hydrogen-bond donors (Lipinski definition) is 3. The van der Waals surface area contributed by atoms with Gasteiger partial charge in [0.2, 0.25) is 0 Å². The number of rotatable bonds is 7.